The topological polar surface area (TPSA) is 45.7 Å². The Morgan fingerprint density at radius 3 is 2.65 bits per heavy atom. The van der Waals surface area contributed by atoms with Gasteiger partial charge in [0.25, 0.3) is 5.91 Å². The number of carbonyl (C=O) groups is 1. The fourth-order valence-electron chi connectivity index (χ4n) is 4.05. The summed E-state index contributed by atoms with van der Waals surface area (Å²) >= 11 is 7.93. The molecule has 0 bridgehead atoms. The smallest absolute Gasteiger partial charge is 0.258 e. The normalized spacial score (nSPS) is 14.4. The molecule has 0 unspecified atom stereocenters. The number of carbonyl (C=O) groups excluding carboxylic acids is 1. The number of piperazine rings is 1. The van der Waals surface area contributed by atoms with E-state index in [4.69, 9.17) is 21.3 Å². The van der Waals surface area contributed by atoms with Crippen LogP contribution in [-0.4, -0.2) is 48.6 Å². The molecule has 1 saturated heterocycles. The van der Waals surface area contributed by atoms with Crippen molar-refractivity contribution >= 4 is 55.0 Å². The van der Waals surface area contributed by atoms with Crippen LogP contribution in [0.15, 0.2) is 54.6 Å². The van der Waals surface area contributed by atoms with Gasteiger partial charge in [0.15, 0.2) is 5.13 Å². The summed E-state index contributed by atoms with van der Waals surface area (Å²) < 4.78 is 6.90. The highest BCUT2D eigenvalue weighted by molar-refractivity contribution is 7.22. The van der Waals surface area contributed by atoms with Crippen molar-refractivity contribution < 1.29 is 9.53 Å². The van der Waals surface area contributed by atoms with E-state index in [1.54, 1.807) is 11.3 Å². The second kappa shape index (κ2) is 8.36. The number of hydrogen-bond acceptors (Lipinski definition) is 5. The van der Waals surface area contributed by atoms with Gasteiger partial charge >= 0.3 is 0 Å². The zero-order valence-corrected chi connectivity index (χ0v) is 18.7. The number of nitrogens with zero attached hydrogens (tertiary/aromatic N) is 3. The van der Waals surface area contributed by atoms with Crippen LogP contribution in [0, 0.1) is 0 Å². The van der Waals surface area contributed by atoms with Crippen molar-refractivity contribution in [3.63, 3.8) is 0 Å². The van der Waals surface area contributed by atoms with E-state index in [1.807, 2.05) is 66.4 Å². The van der Waals surface area contributed by atoms with Gasteiger partial charge in [0.2, 0.25) is 0 Å². The van der Waals surface area contributed by atoms with E-state index in [-0.39, 0.29) is 5.91 Å². The number of hydrogen-bond donors (Lipinski definition) is 0. The number of thiazole rings is 1. The minimum Gasteiger partial charge on any atom is -0.493 e. The van der Waals surface area contributed by atoms with Crippen molar-refractivity contribution in [2.24, 2.45) is 0 Å². The predicted molar refractivity (Wildman–Crippen MR) is 128 cm³/mol. The van der Waals surface area contributed by atoms with Crippen molar-refractivity contribution in [3.05, 3.63) is 65.2 Å². The Morgan fingerprint density at radius 2 is 1.87 bits per heavy atom. The lowest BCUT2D eigenvalue weighted by Gasteiger charge is -2.35. The predicted octanol–water partition coefficient (Wildman–Crippen LogP) is 5.46. The quantitative estimate of drug-likeness (QED) is 0.413. The molecule has 0 radical (unpaired) electrons. The molecule has 1 aromatic heterocycles. The molecule has 4 aromatic rings. The maximum absolute atomic E-state index is 13.5. The zero-order valence-electron chi connectivity index (χ0n) is 17.2. The Bertz CT molecular complexity index is 1260. The SMILES string of the molecule is CCOc1ccc2ccccc2c1C(=O)N1CCN(c2nc3c(Cl)cccc3s2)CC1. The van der Waals surface area contributed by atoms with Crippen LogP contribution in [-0.2, 0) is 0 Å². The van der Waals surface area contributed by atoms with Gasteiger partial charge in [-0.15, -0.1) is 0 Å². The minimum atomic E-state index is 0.0206. The zero-order chi connectivity index (χ0) is 21.4. The number of amides is 1. The van der Waals surface area contributed by atoms with Gasteiger partial charge in [0.05, 0.1) is 21.9 Å². The fourth-order valence-corrected chi connectivity index (χ4v) is 5.36. The first-order valence-electron chi connectivity index (χ1n) is 10.4. The summed E-state index contributed by atoms with van der Waals surface area (Å²) in [4.78, 5) is 22.4. The lowest BCUT2D eigenvalue weighted by atomic mass is 10.0. The first-order chi connectivity index (χ1) is 15.2. The van der Waals surface area contributed by atoms with E-state index >= 15 is 0 Å². The second-order valence-corrected chi connectivity index (χ2v) is 8.87. The van der Waals surface area contributed by atoms with Crippen LogP contribution < -0.4 is 9.64 Å². The number of halogens is 1. The summed E-state index contributed by atoms with van der Waals surface area (Å²) in [6.07, 6.45) is 0. The van der Waals surface area contributed by atoms with Crippen LogP contribution >= 0.6 is 22.9 Å². The summed E-state index contributed by atoms with van der Waals surface area (Å²) in [5.74, 6) is 0.668. The van der Waals surface area contributed by atoms with Crippen LogP contribution in [0.5, 0.6) is 5.75 Å². The molecule has 31 heavy (non-hydrogen) atoms. The van der Waals surface area contributed by atoms with Crippen molar-refractivity contribution in [2.45, 2.75) is 6.92 Å². The number of fused-ring (bicyclic) bond motifs is 2. The van der Waals surface area contributed by atoms with Gasteiger partial charge in [-0.25, -0.2) is 4.98 Å². The lowest BCUT2D eigenvalue weighted by Crippen LogP contribution is -2.48. The molecule has 7 heteroatoms. The molecule has 1 aliphatic rings. The largest absolute Gasteiger partial charge is 0.493 e. The van der Waals surface area contributed by atoms with Crippen molar-refractivity contribution in [3.8, 4) is 5.75 Å². The standard InChI is InChI=1S/C24H22ClN3O2S/c1-2-30-19-11-10-16-6-3-4-7-17(16)21(19)23(29)27-12-14-28(15-13-27)24-26-22-18(25)8-5-9-20(22)31-24/h3-11H,2,12-15H2,1H3. The third kappa shape index (κ3) is 3.70. The van der Waals surface area contributed by atoms with Gasteiger partial charge in [-0.3, -0.25) is 4.79 Å². The van der Waals surface area contributed by atoms with E-state index in [0.717, 1.165) is 39.2 Å². The molecular weight excluding hydrogens is 430 g/mol. The maximum atomic E-state index is 13.5. The molecular formula is C24H22ClN3O2S. The van der Waals surface area contributed by atoms with Gasteiger partial charge in [0.1, 0.15) is 11.3 Å². The maximum Gasteiger partial charge on any atom is 0.258 e. The number of aromatic nitrogens is 1. The van der Waals surface area contributed by atoms with E-state index < -0.39 is 0 Å². The first kappa shape index (κ1) is 20.1. The second-order valence-electron chi connectivity index (χ2n) is 7.46. The number of ether oxygens (including phenoxy) is 1. The van der Waals surface area contributed by atoms with E-state index in [0.29, 0.717) is 36.0 Å². The third-order valence-corrected chi connectivity index (χ3v) is 6.99. The van der Waals surface area contributed by atoms with Gasteiger partial charge in [-0.2, -0.15) is 0 Å². The molecule has 0 spiro atoms. The summed E-state index contributed by atoms with van der Waals surface area (Å²) in [5, 5.41) is 3.60. The number of anilines is 1. The molecule has 5 rings (SSSR count). The molecule has 0 atom stereocenters. The summed E-state index contributed by atoms with van der Waals surface area (Å²) in [7, 11) is 0. The number of rotatable bonds is 4. The van der Waals surface area contributed by atoms with Gasteiger partial charge in [-0.05, 0) is 35.9 Å². The van der Waals surface area contributed by atoms with E-state index in [1.165, 1.54) is 0 Å². The Balaban J connectivity index is 1.39. The molecule has 1 aliphatic heterocycles. The van der Waals surface area contributed by atoms with E-state index in [9.17, 15) is 4.79 Å². The van der Waals surface area contributed by atoms with Gasteiger partial charge in [-0.1, -0.05) is 59.3 Å². The summed E-state index contributed by atoms with van der Waals surface area (Å²) in [5.41, 5.74) is 1.50. The van der Waals surface area contributed by atoms with Crippen LogP contribution in [0.25, 0.3) is 21.0 Å². The Labute approximate surface area is 189 Å². The van der Waals surface area contributed by atoms with Crippen molar-refractivity contribution in [1.29, 1.82) is 0 Å². The molecule has 158 valence electrons. The number of benzene rings is 3. The molecule has 2 heterocycles. The van der Waals surface area contributed by atoms with Crippen LogP contribution in [0.2, 0.25) is 5.02 Å². The Morgan fingerprint density at radius 1 is 1.06 bits per heavy atom. The monoisotopic (exact) mass is 451 g/mol. The molecule has 1 amide bonds. The van der Waals surface area contributed by atoms with Crippen LogP contribution in [0.1, 0.15) is 17.3 Å². The van der Waals surface area contributed by atoms with E-state index in [2.05, 4.69) is 4.90 Å². The fraction of sp³-hybridized carbons (Fsp3) is 0.250. The van der Waals surface area contributed by atoms with Crippen LogP contribution in [0.4, 0.5) is 5.13 Å². The molecule has 0 saturated carbocycles. The molecule has 0 aliphatic carbocycles. The summed E-state index contributed by atoms with van der Waals surface area (Å²) in [6, 6.07) is 17.7. The molecule has 3 aromatic carbocycles. The number of para-hydroxylation sites is 1. The highest BCUT2D eigenvalue weighted by atomic mass is 35.5. The highest BCUT2D eigenvalue weighted by Gasteiger charge is 2.27. The third-order valence-electron chi connectivity index (χ3n) is 5.60. The van der Waals surface area contributed by atoms with Gasteiger partial charge in [0, 0.05) is 26.2 Å². The Hall–Kier alpha value is -2.83. The Kier molecular flexibility index (Phi) is 5.42. The molecule has 1 fully saturated rings. The first-order valence-corrected chi connectivity index (χ1v) is 11.6. The highest BCUT2D eigenvalue weighted by Crippen LogP contribution is 2.34. The average Bonchev–Trinajstić information content (AvgIpc) is 3.25. The average molecular weight is 452 g/mol. The van der Waals surface area contributed by atoms with Crippen molar-refractivity contribution in [1.82, 2.24) is 9.88 Å². The minimum absolute atomic E-state index is 0.0206. The van der Waals surface area contributed by atoms with Crippen molar-refractivity contribution in [2.75, 3.05) is 37.7 Å². The summed E-state index contributed by atoms with van der Waals surface area (Å²) in [6.45, 7) is 5.20. The van der Waals surface area contributed by atoms with Gasteiger partial charge < -0.3 is 14.5 Å². The van der Waals surface area contributed by atoms with Crippen LogP contribution in [0.3, 0.4) is 0 Å². The molecule has 5 nitrogen and oxygen atoms in total. The lowest BCUT2D eigenvalue weighted by molar-refractivity contribution is 0.0744. The molecule has 0 N–H and O–H groups in total.